The minimum atomic E-state index is 0.873. The molecule has 0 saturated heterocycles. The van der Waals surface area contributed by atoms with Crippen molar-refractivity contribution in [1.29, 1.82) is 0 Å². The second kappa shape index (κ2) is 5.11. The third-order valence-electron chi connectivity index (χ3n) is 3.74. The highest BCUT2D eigenvalue weighted by atomic mass is 15.3. The molecule has 0 N–H and O–H groups in total. The SMILES string of the molecule is Cc1cc(-c2ccccc2)nc2cc(-c3ccccc3)nn12. The van der Waals surface area contributed by atoms with Crippen LogP contribution in [0.25, 0.3) is 28.2 Å². The van der Waals surface area contributed by atoms with Gasteiger partial charge in [0.1, 0.15) is 0 Å². The minimum absolute atomic E-state index is 0.873. The lowest BCUT2D eigenvalue weighted by Crippen LogP contribution is -1.97. The summed E-state index contributed by atoms with van der Waals surface area (Å²) in [6, 6.07) is 24.5. The summed E-state index contributed by atoms with van der Waals surface area (Å²) in [6.45, 7) is 2.06. The molecule has 0 spiro atoms. The Bertz CT molecular complexity index is 925. The molecule has 0 bridgehead atoms. The zero-order chi connectivity index (χ0) is 14.9. The van der Waals surface area contributed by atoms with E-state index in [1.54, 1.807) is 0 Å². The van der Waals surface area contributed by atoms with Gasteiger partial charge in [0.25, 0.3) is 0 Å². The van der Waals surface area contributed by atoms with Crippen LogP contribution < -0.4 is 0 Å². The van der Waals surface area contributed by atoms with Crippen molar-refractivity contribution in [3.05, 3.63) is 78.5 Å². The predicted molar refractivity (Wildman–Crippen MR) is 88.6 cm³/mol. The smallest absolute Gasteiger partial charge is 0.156 e. The van der Waals surface area contributed by atoms with E-state index in [-0.39, 0.29) is 0 Å². The second-order valence-electron chi connectivity index (χ2n) is 5.31. The van der Waals surface area contributed by atoms with Crippen molar-refractivity contribution in [2.75, 3.05) is 0 Å². The average Bonchev–Trinajstić information content (AvgIpc) is 3.01. The van der Waals surface area contributed by atoms with Gasteiger partial charge in [-0.05, 0) is 13.0 Å². The predicted octanol–water partition coefficient (Wildman–Crippen LogP) is 4.37. The van der Waals surface area contributed by atoms with Crippen molar-refractivity contribution < 1.29 is 0 Å². The molecule has 4 aromatic rings. The van der Waals surface area contributed by atoms with Crippen LogP contribution >= 0.6 is 0 Å². The van der Waals surface area contributed by atoms with Crippen molar-refractivity contribution in [2.24, 2.45) is 0 Å². The first-order chi connectivity index (χ1) is 10.8. The summed E-state index contributed by atoms with van der Waals surface area (Å²) in [5.74, 6) is 0. The van der Waals surface area contributed by atoms with Crippen molar-refractivity contribution in [3.63, 3.8) is 0 Å². The van der Waals surface area contributed by atoms with E-state index in [4.69, 9.17) is 4.98 Å². The number of aryl methyl sites for hydroxylation is 1. The maximum Gasteiger partial charge on any atom is 0.156 e. The molecule has 2 aromatic heterocycles. The Morgan fingerprint density at radius 2 is 1.32 bits per heavy atom. The Kier molecular flexibility index (Phi) is 2.97. The third-order valence-corrected chi connectivity index (χ3v) is 3.74. The van der Waals surface area contributed by atoms with Crippen molar-refractivity contribution in [2.45, 2.75) is 6.92 Å². The van der Waals surface area contributed by atoms with E-state index in [0.29, 0.717) is 0 Å². The first kappa shape index (κ1) is 12.8. The summed E-state index contributed by atoms with van der Waals surface area (Å²) in [6.07, 6.45) is 0. The number of nitrogens with zero attached hydrogens (tertiary/aromatic N) is 3. The molecule has 106 valence electrons. The molecule has 0 atom stereocenters. The summed E-state index contributed by atoms with van der Waals surface area (Å²) in [5.41, 5.74) is 6.10. The Labute approximate surface area is 128 Å². The quantitative estimate of drug-likeness (QED) is 0.547. The maximum atomic E-state index is 4.75. The third kappa shape index (κ3) is 2.17. The van der Waals surface area contributed by atoms with E-state index < -0.39 is 0 Å². The van der Waals surface area contributed by atoms with E-state index in [1.807, 2.05) is 47.0 Å². The van der Waals surface area contributed by atoms with Crippen LogP contribution in [0.5, 0.6) is 0 Å². The molecule has 0 aliphatic carbocycles. The summed E-state index contributed by atoms with van der Waals surface area (Å²) in [7, 11) is 0. The van der Waals surface area contributed by atoms with Gasteiger partial charge < -0.3 is 0 Å². The number of benzene rings is 2. The van der Waals surface area contributed by atoms with Crippen LogP contribution in [-0.2, 0) is 0 Å². The van der Waals surface area contributed by atoms with Gasteiger partial charge in [0.2, 0.25) is 0 Å². The van der Waals surface area contributed by atoms with Gasteiger partial charge in [-0.1, -0.05) is 60.7 Å². The van der Waals surface area contributed by atoms with Crippen LogP contribution in [0.3, 0.4) is 0 Å². The van der Waals surface area contributed by atoms with Crippen molar-refractivity contribution >= 4 is 5.65 Å². The normalized spacial score (nSPS) is 11.0. The fraction of sp³-hybridized carbons (Fsp3) is 0.0526. The van der Waals surface area contributed by atoms with E-state index in [0.717, 1.165) is 33.9 Å². The molecule has 22 heavy (non-hydrogen) atoms. The molecule has 0 saturated carbocycles. The van der Waals surface area contributed by atoms with Crippen LogP contribution in [-0.4, -0.2) is 14.6 Å². The maximum absolute atomic E-state index is 4.75. The van der Waals surface area contributed by atoms with E-state index >= 15 is 0 Å². The average molecular weight is 285 g/mol. The van der Waals surface area contributed by atoms with Gasteiger partial charge in [-0.25, -0.2) is 9.50 Å². The van der Waals surface area contributed by atoms with Crippen molar-refractivity contribution in [1.82, 2.24) is 14.6 Å². The van der Waals surface area contributed by atoms with Gasteiger partial charge in [-0.15, -0.1) is 0 Å². The highest BCUT2D eigenvalue weighted by molar-refractivity contribution is 5.67. The number of hydrogen-bond donors (Lipinski definition) is 0. The number of hydrogen-bond acceptors (Lipinski definition) is 2. The van der Waals surface area contributed by atoms with Crippen molar-refractivity contribution in [3.8, 4) is 22.5 Å². The second-order valence-corrected chi connectivity index (χ2v) is 5.31. The van der Waals surface area contributed by atoms with Gasteiger partial charge in [-0.3, -0.25) is 0 Å². The van der Waals surface area contributed by atoms with Crippen LogP contribution in [0, 0.1) is 6.92 Å². The lowest BCUT2D eigenvalue weighted by atomic mass is 10.1. The Hall–Kier alpha value is -2.94. The fourth-order valence-electron chi connectivity index (χ4n) is 2.63. The molecule has 0 radical (unpaired) electrons. The molecule has 3 nitrogen and oxygen atoms in total. The molecule has 2 aromatic carbocycles. The summed E-state index contributed by atoms with van der Waals surface area (Å²) < 4.78 is 1.90. The lowest BCUT2D eigenvalue weighted by molar-refractivity contribution is 0.900. The van der Waals surface area contributed by atoms with Crippen LogP contribution in [0.1, 0.15) is 5.69 Å². The Balaban J connectivity index is 1.88. The summed E-state index contributed by atoms with van der Waals surface area (Å²) >= 11 is 0. The first-order valence-electron chi connectivity index (χ1n) is 7.29. The molecule has 3 heteroatoms. The highest BCUT2D eigenvalue weighted by Crippen LogP contribution is 2.23. The molecular formula is C19H15N3. The molecule has 0 fully saturated rings. The zero-order valence-electron chi connectivity index (χ0n) is 12.3. The summed E-state index contributed by atoms with van der Waals surface area (Å²) in [4.78, 5) is 4.75. The fourth-order valence-corrected chi connectivity index (χ4v) is 2.63. The van der Waals surface area contributed by atoms with Gasteiger partial charge in [0.15, 0.2) is 5.65 Å². The standard InChI is InChI=1S/C19H15N3/c1-14-12-17(15-8-4-2-5-9-15)20-19-13-18(21-22(14)19)16-10-6-3-7-11-16/h2-13H,1H3. The van der Waals surface area contributed by atoms with E-state index in [1.165, 1.54) is 0 Å². The molecule has 0 unspecified atom stereocenters. The topological polar surface area (TPSA) is 30.2 Å². The molecular weight excluding hydrogens is 270 g/mol. The van der Waals surface area contributed by atoms with Crippen LogP contribution in [0.4, 0.5) is 0 Å². The van der Waals surface area contributed by atoms with Gasteiger partial charge >= 0.3 is 0 Å². The Morgan fingerprint density at radius 3 is 1.95 bits per heavy atom. The lowest BCUT2D eigenvalue weighted by Gasteiger charge is -2.04. The molecule has 0 aliphatic heterocycles. The molecule has 4 rings (SSSR count). The molecule has 0 aliphatic rings. The monoisotopic (exact) mass is 285 g/mol. The largest absolute Gasteiger partial charge is 0.229 e. The zero-order valence-corrected chi connectivity index (χ0v) is 12.3. The Morgan fingerprint density at radius 1 is 0.727 bits per heavy atom. The number of fused-ring (bicyclic) bond motifs is 1. The van der Waals surface area contributed by atoms with Gasteiger partial charge in [0.05, 0.1) is 11.4 Å². The number of rotatable bonds is 2. The van der Waals surface area contributed by atoms with Crippen LogP contribution in [0.15, 0.2) is 72.8 Å². The summed E-state index contributed by atoms with van der Waals surface area (Å²) in [5, 5.41) is 4.67. The van der Waals surface area contributed by atoms with Gasteiger partial charge in [-0.2, -0.15) is 5.10 Å². The van der Waals surface area contributed by atoms with Gasteiger partial charge in [0, 0.05) is 22.9 Å². The first-order valence-corrected chi connectivity index (χ1v) is 7.29. The molecule has 0 amide bonds. The van der Waals surface area contributed by atoms with E-state index in [2.05, 4.69) is 42.4 Å². The molecule has 2 heterocycles. The van der Waals surface area contributed by atoms with E-state index in [9.17, 15) is 0 Å². The van der Waals surface area contributed by atoms with Crippen LogP contribution in [0.2, 0.25) is 0 Å². The highest BCUT2D eigenvalue weighted by Gasteiger charge is 2.09. The number of aromatic nitrogens is 3. The minimum Gasteiger partial charge on any atom is -0.229 e.